The number of fused-ring (bicyclic) bond motifs is 2. The van der Waals surface area contributed by atoms with Gasteiger partial charge in [-0.3, -0.25) is 4.79 Å². The van der Waals surface area contributed by atoms with Crippen LogP contribution >= 0.6 is 0 Å². The highest BCUT2D eigenvalue weighted by atomic mass is 16.5. The molecule has 0 spiro atoms. The number of rotatable bonds is 0. The largest absolute Gasteiger partial charge is 0.506 e. The van der Waals surface area contributed by atoms with E-state index in [0.29, 0.717) is 28.2 Å². The molecule has 1 aromatic heterocycles. The molecule has 1 aliphatic heterocycles. The van der Waals surface area contributed by atoms with E-state index in [4.69, 9.17) is 9.15 Å². The van der Waals surface area contributed by atoms with E-state index in [-0.39, 0.29) is 16.6 Å². The van der Waals surface area contributed by atoms with Gasteiger partial charge in [0.25, 0.3) is 0 Å². The van der Waals surface area contributed by atoms with Crippen LogP contribution in [0.4, 0.5) is 0 Å². The summed E-state index contributed by atoms with van der Waals surface area (Å²) in [7, 11) is 0. The minimum Gasteiger partial charge on any atom is -0.506 e. The van der Waals surface area contributed by atoms with Crippen molar-refractivity contribution in [1.29, 1.82) is 0 Å². The summed E-state index contributed by atoms with van der Waals surface area (Å²) in [5.74, 6) is 0.988. The Morgan fingerprint density at radius 2 is 1.95 bits per heavy atom. The van der Waals surface area contributed by atoms with Gasteiger partial charge >= 0.3 is 0 Å². The van der Waals surface area contributed by atoms with Gasteiger partial charge in [0.05, 0.1) is 5.56 Å². The lowest BCUT2D eigenvalue weighted by atomic mass is 9.99. The van der Waals surface area contributed by atoms with Gasteiger partial charge in [-0.15, -0.1) is 0 Å². The fraction of sp³-hybridized carbons (Fsp3) is 0.312. The van der Waals surface area contributed by atoms with Crippen LogP contribution in [0.2, 0.25) is 0 Å². The van der Waals surface area contributed by atoms with Gasteiger partial charge in [0.15, 0.2) is 5.43 Å². The molecule has 2 aromatic rings. The third-order valence-electron chi connectivity index (χ3n) is 3.65. The third-order valence-corrected chi connectivity index (χ3v) is 3.65. The number of aryl methyl sites for hydroxylation is 1. The Kier molecular flexibility index (Phi) is 2.48. The van der Waals surface area contributed by atoms with Crippen molar-refractivity contribution in [2.75, 3.05) is 0 Å². The molecular formula is C16H16O4. The van der Waals surface area contributed by atoms with Crippen LogP contribution in [0.5, 0.6) is 11.5 Å². The molecule has 0 amide bonds. The topological polar surface area (TPSA) is 59.7 Å². The molecule has 2 heterocycles. The van der Waals surface area contributed by atoms with Gasteiger partial charge < -0.3 is 14.3 Å². The lowest BCUT2D eigenvalue weighted by Crippen LogP contribution is -2.27. The summed E-state index contributed by atoms with van der Waals surface area (Å²) in [6.07, 6.45) is 3.63. The first-order chi connectivity index (χ1) is 9.30. The average Bonchev–Trinajstić information content (AvgIpc) is 2.34. The summed E-state index contributed by atoms with van der Waals surface area (Å²) >= 11 is 0. The molecule has 4 nitrogen and oxygen atoms in total. The van der Waals surface area contributed by atoms with Crippen LogP contribution in [-0.4, -0.2) is 10.7 Å². The first kappa shape index (κ1) is 12.8. The molecule has 0 aliphatic carbocycles. The molecule has 20 heavy (non-hydrogen) atoms. The standard InChI is InChI=1S/C16H16O4/c1-8-9(2)19-12-7-11-10(5-6-16(3,4)20-11)15(18)13(12)14(8)17/h5-7,18H,1-4H3. The van der Waals surface area contributed by atoms with Gasteiger partial charge in [0.2, 0.25) is 0 Å². The minimum atomic E-state index is -0.451. The Morgan fingerprint density at radius 3 is 2.65 bits per heavy atom. The summed E-state index contributed by atoms with van der Waals surface area (Å²) in [6.45, 7) is 7.26. The Hall–Kier alpha value is -2.23. The molecule has 104 valence electrons. The molecule has 0 atom stereocenters. The van der Waals surface area contributed by atoms with Crippen LogP contribution in [0.3, 0.4) is 0 Å². The van der Waals surface area contributed by atoms with Gasteiger partial charge in [0, 0.05) is 11.6 Å². The fourth-order valence-corrected chi connectivity index (χ4v) is 2.37. The van der Waals surface area contributed by atoms with Crippen molar-refractivity contribution < 1.29 is 14.3 Å². The van der Waals surface area contributed by atoms with Crippen molar-refractivity contribution in [2.45, 2.75) is 33.3 Å². The van der Waals surface area contributed by atoms with E-state index < -0.39 is 5.60 Å². The minimum absolute atomic E-state index is 0.0823. The zero-order valence-electron chi connectivity index (χ0n) is 11.9. The van der Waals surface area contributed by atoms with Gasteiger partial charge in [0.1, 0.15) is 33.8 Å². The van der Waals surface area contributed by atoms with Crippen LogP contribution in [0.15, 0.2) is 21.4 Å². The molecule has 1 aliphatic rings. The second kappa shape index (κ2) is 3.88. The predicted molar refractivity (Wildman–Crippen MR) is 77.4 cm³/mol. The van der Waals surface area contributed by atoms with Crippen LogP contribution in [0, 0.1) is 13.8 Å². The van der Waals surface area contributed by atoms with Gasteiger partial charge in [-0.1, -0.05) is 0 Å². The third kappa shape index (κ3) is 1.72. The molecule has 4 heteroatoms. The number of aromatic hydroxyl groups is 1. The second-order valence-corrected chi connectivity index (χ2v) is 5.66. The van der Waals surface area contributed by atoms with Crippen molar-refractivity contribution in [3.8, 4) is 11.5 Å². The highest BCUT2D eigenvalue weighted by Crippen LogP contribution is 2.40. The normalized spacial score (nSPS) is 16.0. The van der Waals surface area contributed by atoms with E-state index in [1.165, 1.54) is 0 Å². The number of phenols is 1. The predicted octanol–water partition coefficient (Wildman–Crippen LogP) is 3.30. The van der Waals surface area contributed by atoms with E-state index in [1.807, 2.05) is 19.9 Å². The maximum atomic E-state index is 12.3. The molecule has 0 unspecified atom stereocenters. The van der Waals surface area contributed by atoms with E-state index in [2.05, 4.69) is 0 Å². The lowest BCUT2D eigenvalue weighted by Gasteiger charge is -2.28. The Labute approximate surface area is 116 Å². The Bertz CT molecular complexity index is 810. The van der Waals surface area contributed by atoms with Gasteiger partial charge in [-0.05, 0) is 39.8 Å². The van der Waals surface area contributed by atoms with Crippen molar-refractivity contribution >= 4 is 17.0 Å². The molecule has 0 bridgehead atoms. The smallest absolute Gasteiger partial charge is 0.199 e. The maximum absolute atomic E-state index is 12.3. The van der Waals surface area contributed by atoms with Crippen molar-refractivity contribution in [3.05, 3.63) is 39.3 Å². The van der Waals surface area contributed by atoms with Crippen LogP contribution in [-0.2, 0) is 0 Å². The first-order valence-corrected chi connectivity index (χ1v) is 6.48. The van der Waals surface area contributed by atoms with Crippen molar-refractivity contribution in [1.82, 2.24) is 0 Å². The number of ether oxygens (including phenoxy) is 1. The molecule has 0 saturated heterocycles. The monoisotopic (exact) mass is 272 g/mol. The van der Waals surface area contributed by atoms with Crippen LogP contribution < -0.4 is 10.2 Å². The van der Waals surface area contributed by atoms with Crippen LogP contribution in [0.1, 0.15) is 30.7 Å². The number of hydrogen-bond acceptors (Lipinski definition) is 4. The van der Waals surface area contributed by atoms with E-state index in [1.54, 1.807) is 26.0 Å². The summed E-state index contributed by atoms with van der Waals surface area (Å²) in [6, 6.07) is 1.67. The Morgan fingerprint density at radius 1 is 1.25 bits per heavy atom. The van der Waals surface area contributed by atoms with E-state index in [9.17, 15) is 9.90 Å². The molecular weight excluding hydrogens is 256 g/mol. The molecule has 1 aromatic carbocycles. The zero-order chi connectivity index (χ0) is 14.7. The van der Waals surface area contributed by atoms with E-state index >= 15 is 0 Å². The molecule has 0 saturated carbocycles. The fourth-order valence-electron chi connectivity index (χ4n) is 2.37. The first-order valence-electron chi connectivity index (χ1n) is 6.48. The summed E-state index contributed by atoms with van der Waals surface area (Å²) in [5.41, 5.74) is 0.719. The number of hydrogen-bond donors (Lipinski definition) is 1. The molecule has 0 radical (unpaired) electrons. The molecule has 3 rings (SSSR count). The summed E-state index contributed by atoms with van der Waals surface area (Å²) in [4.78, 5) is 12.3. The molecule has 1 N–H and O–H groups in total. The van der Waals surface area contributed by atoms with Crippen molar-refractivity contribution in [2.24, 2.45) is 0 Å². The lowest BCUT2D eigenvalue weighted by molar-refractivity contribution is 0.158. The Balaban J connectivity index is 2.43. The summed E-state index contributed by atoms with van der Waals surface area (Å²) < 4.78 is 11.4. The van der Waals surface area contributed by atoms with Crippen molar-refractivity contribution in [3.63, 3.8) is 0 Å². The average molecular weight is 272 g/mol. The quantitative estimate of drug-likeness (QED) is 0.799. The number of phenolic OH excluding ortho intramolecular Hbond substituents is 1. The zero-order valence-corrected chi connectivity index (χ0v) is 11.9. The summed E-state index contributed by atoms with van der Waals surface area (Å²) in [5, 5.41) is 10.6. The van der Waals surface area contributed by atoms with Gasteiger partial charge in [-0.2, -0.15) is 0 Å². The highest BCUT2D eigenvalue weighted by molar-refractivity contribution is 5.91. The number of benzene rings is 1. The second-order valence-electron chi connectivity index (χ2n) is 5.66. The highest BCUT2D eigenvalue weighted by Gasteiger charge is 2.26. The van der Waals surface area contributed by atoms with Gasteiger partial charge in [-0.25, -0.2) is 0 Å². The maximum Gasteiger partial charge on any atom is 0.199 e. The van der Waals surface area contributed by atoms with Crippen LogP contribution in [0.25, 0.3) is 17.0 Å². The SMILES string of the molecule is Cc1oc2cc3c(c(O)c2c(=O)c1C)C=CC(C)(C)O3. The van der Waals surface area contributed by atoms with E-state index in [0.717, 1.165) is 0 Å². The molecule has 0 fully saturated rings.